The van der Waals surface area contributed by atoms with E-state index in [1.807, 2.05) is 6.92 Å². The van der Waals surface area contributed by atoms with Gasteiger partial charge in [-0.25, -0.2) is 9.59 Å². The van der Waals surface area contributed by atoms with Crippen molar-refractivity contribution in [1.82, 2.24) is 9.55 Å². The largest absolute Gasteiger partial charge is 0.449 e. The van der Waals surface area contributed by atoms with Crippen LogP contribution in [-0.4, -0.2) is 50.8 Å². The Balaban J connectivity index is 2.30. The summed E-state index contributed by atoms with van der Waals surface area (Å²) in [4.78, 5) is 27.5. The van der Waals surface area contributed by atoms with Crippen molar-refractivity contribution >= 4 is 11.9 Å². The third-order valence-corrected chi connectivity index (χ3v) is 3.52. The first-order valence-electron chi connectivity index (χ1n) is 7.44. The summed E-state index contributed by atoms with van der Waals surface area (Å²) in [6, 6.07) is 0. The van der Waals surface area contributed by atoms with E-state index in [0.29, 0.717) is 6.42 Å². The Bertz CT molecular complexity index is 710. The first-order chi connectivity index (χ1) is 11.4. The van der Waals surface area contributed by atoms with Crippen LogP contribution in [0.2, 0.25) is 0 Å². The molecule has 1 aromatic heterocycles. The van der Waals surface area contributed by atoms with E-state index in [2.05, 4.69) is 16.2 Å². The Kier molecular flexibility index (Phi) is 5.56. The predicted molar refractivity (Wildman–Crippen MR) is 83.3 cm³/mol. The summed E-state index contributed by atoms with van der Waals surface area (Å²) in [5.41, 5.74) is -0.696. The number of nitrogens with one attached hydrogen (secondary N) is 1. The van der Waals surface area contributed by atoms with Gasteiger partial charge in [0.15, 0.2) is 12.0 Å². The maximum Gasteiger partial charge on any atom is 0.412 e. The van der Waals surface area contributed by atoms with Crippen LogP contribution >= 0.6 is 0 Å². The fourth-order valence-corrected chi connectivity index (χ4v) is 2.24. The molecule has 1 amide bonds. The molecule has 130 valence electrons. The zero-order valence-corrected chi connectivity index (χ0v) is 13.3. The highest BCUT2D eigenvalue weighted by Crippen LogP contribution is 2.28. The average Bonchev–Trinajstić information content (AvgIpc) is 2.80. The van der Waals surface area contributed by atoms with Crippen molar-refractivity contribution in [2.75, 3.05) is 11.9 Å². The fourth-order valence-electron chi connectivity index (χ4n) is 2.24. The molecule has 4 atom stereocenters. The number of aliphatic hydroxyl groups excluding tert-OH is 2. The number of hydrogen-bond donors (Lipinski definition) is 3. The van der Waals surface area contributed by atoms with Crippen molar-refractivity contribution < 1.29 is 24.5 Å². The lowest BCUT2D eigenvalue weighted by molar-refractivity contribution is -0.0350. The monoisotopic (exact) mass is 337 g/mol. The molecule has 0 radical (unpaired) electrons. The van der Waals surface area contributed by atoms with Crippen molar-refractivity contribution in [3.8, 4) is 12.3 Å². The molecule has 3 N–H and O–H groups in total. The maximum absolute atomic E-state index is 12.2. The first kappa shape index (κ1) is 17.9. The van der Waals surface area contributed by atoms with E-state index in [1.165, 1.54) is 6.20 Å². The number of nitrogens with zero attached hydrogens (tertiary/aromatic N) is 2. The molecule has 0 aromatic carbocycles. The van der Waals surface area contributed by atoms with Crippen LogP contribution in [0.3, 0.4) is 0 Å². The van der Waals surface area contributed by atoms with Gasteiger partial charge in [0, 0.05) is 6.20 Å². The molecule has 0 unspecified atom stereocenters. The van der Waals surface area contributed by atoms with E-state index in [9.17, 15) is 19.8 Å². The molecular formula is C15H19N3O6. The molecule has 0 bridgehead atoms. The van der Waals surface area contributed by atoms with Crippen molar-refractivity contribution in [3.05, 3.63) is 22.2 Å². The normalized spacial score (nSPS) is 26.0. The van der Waals surface area contributed by atoms with Gasteiger partial charge in [-0.3, -0.25) is 9.88 Å². The molecule has 2 rings (SSSR count). The number of hydrogen-bond acceptors (Lipinski definition) is 7. The molecule has 24 heavy (non-hydrogen) atoms. The zero-order valence-electron chi connectivity index (χ0n) is 13.3. The molecule has 1 aromatic rings. The van der Waals surface area contributed by atoms with Crippen molar-refractivity contribution in [1.29, 1.82) is 0 Å². The summed E-state index contributed by atoms with van der Waals surface area (Å²) in [6.07, 6.45) is 2.24. The highest BCUT2D eigenvalue weighted by molar-refractivity contribution is 5.84. The van der Waals surface area contributed by atoms with Gasteiger partial charge in [0.1, 0.15) is 12.2 Å². The second kappa shape index (κ2) is 7.44. The molecule has 2 heterocycles. The summed E-state index contributed by atoms with van der Waals surface area (Å²) in [6.45, 7) is 3.61. The highest BCUT2D eigenvalue weighted by atomic mass is 16.6. The van der Waals surface area contributed by atoms with E-state index in [-0.39, 0.29) is 18.0 Å². The number of terminal acetylenes is 1. The molecule has 0 saturated carbocycles. The molecular weight excluding hydrogens is 318 g/mol. The van der Waals surface area contributed by atoms with E-state index >= 15 is 0 Å². The lowest BCUT2D eigenvalue weighted by Gasteiger charge is -2.18. The van der Waals surface area contributed by atoms with Gasteiger partial charge in [0.05, 0.1) is 18.3 Å². The molecule has 1 aliphatic rings. The van der Waals surface area contributed by atoms with Gasteiger partial charge in [0.25, 0.3) is 0 Å². The summed E-state index contributed by atoms with van der Waals surface area (Å²) in [5.74, 6) is 2.17. The number of carbonyl (C=O) groups excluding carboxylic acids is 1. The van der Waals surface area contributed by atoms with Gasteiger partial charge in [-0.15, -0.1) is 6.42 Å². The minimum absolute atomic E-state index is 0.105. The minimum atomic E-state index is -1.31. The molecule has 1 saturated heterocycles. The molecule has 1 aliphatic heterocycles. The molecule has 0 spiro atoms. The lowest BCUT2D eigenvalue weighted by Crippen LogP contribution is -2.36. The molecule has 9 heteroatoms. The Labute approximate surface area is 138 Å². The van der Waals surface area contributed by atoms with E-state index in [0.717, 1.165) is 4.57 Å². The number of rotatable bonds is 4. The Hall–Kier alpha value is -2.41. The van der Waals surface area contributed by atoms with Crippen LogP contribution in [0.4, 0.5) is 10.6 Å². The Morgan fingerprint density at radius 3 is 2.79 bits per heavy atom. The summed E-state index contributed by atoms with van der Waals surface area (Å²) in [7, 11) is 0. The average molecular weight is 337 g/mol. The third-order valence-electron chi connectivity index (χ3n) is 3.52. The van der Waals surface area contributed by atoms with Crippen LogP contribution < -0.4 is 11.0 Å². The zero-order chi connectivity index (χ0) is 17.9. The fraction of sp³-hybridized carbons (Fsp3) is 0.533. The number of amides is 1. The molecule has 9 nitrogen and oxygen atoms in total. The quantitative estimate of drug-likeness (QED) is 0.651. The number of carbonyl (C=O) groups is 1. The predicted octanol–water partition coefficient (Wildman–Crippen LogP) is -0.178. The van der Waals surface area contributed by atoms with E-state index in [4.69, 9.17) is 15.9 Å². The van der Waals surface area contributed by atoms with Crippen LogP contribution in [0.5, 0.6) is 0 Å². The topological polar surface area (TPSA) is 123 Å². The number of aliphatic hydroxyl groups is 2. The van der Waals surface area contributed by atoms with Crippen LogP contribution in [0.25, 0.3) is 0 Å². The first-order valence-corrected chi connectivity index (χ1v) is 7.44. The van der Waals surface area contributed by atoms with Crippen LogP contribution in [0, 0.1) is 12.3 Å². The number of aromatic nitrogens is 2. The Morgan fingerprint density at radius 1 is 1.54 bits per heavy atom. The second-order valence-electron chi connectivity index (χ2n) is 5.31. The van der Waals surface area contributed by atoms with Gasteiger partial charge in [-0.05, 0) is 13.3 Å². The van der Waals surface area contributed by atoms with Gasteiger partial charge in [-0.1, -0.05) is 12.8 Å². The van der Waals surface area contributed by atoms with Gasteiger partial charge in [0.2, 0.25) is 0 Å². The van der Waals surface area contributed by atoms with E-state index < -0.39 is 36.3 Å². The summed E-state index contributed by atoms with van der Waals surface area (Å²) < 4.78 is 11.2. The maximum atomic E-state index is 12.2. The second-order valence-corrected chi connectivity index (χ2v) is 5.31. The minimum Gasteiger partial charge on any atom is -0.449 e. The SMILES string of the molecule is C#Cc1cn([C@@H]2O[C@H](C)[C@@H](O)[C@H]2O)c(=O)nc1NC(=O)OCCC. The third kappa shape index (κ3) is 3.56. The van der Waals surface area contributed by atoms with Crippen molar-refractivity contribution in [2.24, 2.45) is 0 Å². The highest BCUT2D eigenvalue weighted by Gasteiger charge is 2.42. The van der Waals surface area contributed by atoms with Gasteiger partial charge < -0.3 is 19.7 Å². The van der Waals surface area contributed by atoms with E-state index in [1.54, 1.807) is 6.92 Å². The number of ether oxygens (including phenoxy) is 2. The van der Waals surface area contributed by atoms with Crippen molar-refractivity contribution in [2.45, 2.75) is 44.8 Å². The molecule has 1 fully saturated rings. The molecule has 0 aliphatic carbocycles. The number of anilines is 1. The smallest absolute Gasteiger partial charge is 0.412 e. The van der Waals surface area contributed by atoms with Crippen LogP contribution in [0.15, 0.2) is 11.0 Å². The summed E-state index contributed by atoms with van der Waals surface area (Å²) >= 11 is 0. The van der Waals surface area contributed by atoms with Gasteiger partial charge in [-0.2, -0.15) is 4.98 Å². The van der Waals surface area contributed by atoms with Crippen LogP contribution in [-0.2, 0) is 9.47 Å². The lowest BCUT2D eigenvalue weighted by atomic mass is 10.1. The standard InChI is InChI=1S/C15H19N3O6/c1-4-6-23-15(22)17-12-9(5-2)7-18(14(21)16-12)13-11(20)10(19)8(3)24-13/h2,7-8,10-11,13,19-20H,4,6H2,1,3H3,(H,16,17,21,22)/t8-,10-,11-,13-/m1/s1. The van der Waals surface area contributed by atoms with Gasteiger partial charge >= 0.3 is 11.8 Å². The summed E-state index contributed by atoms with van der Waals surface area (Å²) in [5, 5.41) is 22.0. The Morgan fingerprint density at radius 2 is 2.25 bits per heavy atom. The van der Waals surface area contributed by atoms with Crippen molar-refractivity contribution in [3.63, 3.8) is 0 Å². The van der Waals surface area contributed by atoms with Crippen LogP contribution in [0.1, 0.15) is 32.1 Å².